The number of likely N-dealkylation sites (tertiary alicyclic amines) is 1. The highest BCUT2D eigenvalue weighted by Gasteiger charge is 2.22. The molecule has 2 N–H and O–H groups in total. The lowest BCUT2D eigenvalue weighted by Gasteiger charge is -2.20. The van der Waals surface area contributed by atoms with E-state index in [0.29, 0.717) is 26.4 Å². The number of hydrogen-bond acceptors (Lipinski definition) is 4. The van der Waals surface area contributed by atoms with Gasteiger partial charge in [0.15, 0.2) is 5.96 Å². The largest absolute Gasteiger partial charge is 0.391 e. The summed E-state index contributed by atoms with van der Waals surface area (Å²) in [6, 6.07) is 0. The van der Waals surface area contributed by atoms with Crippen molar-refractivity contribution in [3.05, 3.63) is 0 Å². The van der Waals surface area contributed by atoms with E-state index in [2.05, 4.69) is 22.1 Å². The second-order valence-corrected chi connectivity index (χ2v) is 4.58. The number of nitrogens with zero attached hydrogens (tertiary/aromatic N) is 2. The van der Waals surface area contributed by atoms with Gasteiger partial charge in [0.25, 0.3) is 0 Å². The average molecular weight is 273 g/mol. The fraction of sp³-hybridized carbons (Fsp3) is 0.923. The van der Waals surface area contributed by atoms with Gasteiger partial charge in [-0.15, -0.1) is 0 Å². The summed E-state index contributed by atoms with van der Waals surface area (Å²) < 4.78 is 10.3. The Labute approximate surface area is 115 Å². The fourth-order valence-electron chi connectivity index (χ4n) is 1.96. The van der Waals surface area contributed by atoms with E-state index in [9.17, 15) is 5.11 Å². The first-order valence-electron chi connectivity index (χ1n) is 7.06. The summed E-state index contributed by atoms with van der Waals surface area (Å²) in [5.41, 5.74) is 0. The summed E-state index contributed by atoms with van der Waals surface area (Å²) in [6.45, 7) is 7.16. The third-order valence-corrected chi connectivity index (χ3v) is 2.94. The number of aliphatic hydroxyl groups is 1. The molecular weight excluding hydrogens is 246 g/mol. The van der Waals surface area contributed by atoms with Crippen LogP contribution < -0.4 is 5.32 Å². The van der Waals surface area contributed by atoms with Crippen LogP contribution in [-0.4, -0.2) is 75.2 Å². The first-order chi connectivity index (χ1) is 9.27. The fourth-order valence-corrected chi connectivity index (χ4v) is 1.96. The van der Waals surface area contributed by atoms with Gasteiger partial charge in [-0.1, -0.05) is 0 Å². The van der Waals surface area contributed by atoms with Crippen LogP contribution in [-0.2, 0) is 9.47 Å². The van der Waals surface area contributed by atoms with Crippen molar-refractivity contribution < 1.29 is 14.6 Å². The van der Waals surface area contributed by atoms with E-state index in [4.69, 9.17) is 9.47 Å². The minimum atomic E-state index is -0.221. The highest BCUT2D eigenvalue weighted by Crippen LogP contribution is 2.08. The zero-order chi connectivity index (χ0) is 13.9. The summed E-state index contributed by atoms with van der Waals surface area (Å²) in [6.07, 6.45) is 1.50. The summed E-state index contributed by atoms with van der Waals surface area (Å²) in [5.74, 6) is 0.899. The van der Waals surface area contributed by atoms with Crippen molar-refractivity contribution in [3.8, 4) is 0 Å². The number of hydrogen-bond donors (Lipinski definition) is 2. The maximum Gasteiger partial charge on any atom is 0.194 e. The van der Waals surface area contributed by atoms with Crippen LogP contribution in [0.4, 0.5) is 0 Å². The van der Waals surface area contributed by atoms with E-state index in [-0.39, 0.29) is 6.10 Å². The number of guanidine groups is 1. The van der Waals surface area contributed by atoms with Crippen LogP contribution in [0.25, 0.3) is 0 Å². The van der Waals surface area contributed by atoms with E-state index in [0.717, 1.165) is 38.4 Å². The van der Waals surface area contributed by atoms with Gasteiger partial charge in [-0.25, -0.2) is 0 Å². The minimum absolute atomic E-state index is 0.221. The lowest BCUT2D eigenvalue weighted by Crippen LogP contribution is -2.40. The van der Waals surface area contributed by atoms with Gasteiger partial charge in [-0.3, -0.25) is 4.99 Å². The molecule has 1 aliphatic rings. The number of aliphatic hydroxyl groups excluding tert-OH is 1. The summed E-state index contributed by atoms with van der Waals surface area (Å²) in [4.78, 5) is 6.67. The van der Waals surface area contributed by atoms with Crippen LogP contribution in [0, 0.1) is 0 Å². The van der Waals surface area contributed by atoms with Crippen LogP contribution >= 0.6 is 0 Å². The SMILES string of the molecule is CCNC(=NCCCOCCOC)N1CC[C@@H](O)C1. The molecule has 0 unspecified atom stereocenters. The molecule has 1 aliphatic heterocycles. The summed E-state index contributed by atoms with van der Waals surface area (Å²) in [5, 5.41) is 12.8. The molecule has 1 saturated heterocycles. The zero-order valence-electron chi connectivity index (χ0n) is 12.1. The van der Waals surface area contributed by atoms with E-state index in [1.807, 2.05) is 0 Å². The molecule has 0 spiro atoms. The second-order valence-electron chi connectivity index (χ2n) is 4.58. The van der Waals surface area contributed by atoms with Gasteiger partial charge in [-0.2, -0.15) is 0 Å². The standard InChI is InChI=1S/C13H27N3O3/c1-3-14-13(16-7-5-12(17)11-16)15-6-4-8-19-10-9-18-2/h12,17H,3-11H2,1-2H3,(H,14,15)/t12-/m1/s1. The number of methoxy groups -OCH3 is 1. The number of nitrogens with one attached hydrogen (secondary N) is 1. The van der Waals surface area contributed by atoms with Crippen molar-refractivity contribution in [1.29, 1.82) is 0 Å². The van der Waals surface area contributed by atoms with Crippen molar-refractivity contribution in [2.75, 3.05) is 53.1 Å². The molecule has 19 heavy (non-hydrogen) atoms. The van der Waals surface area contributed by atoms with E-state index >= 15 is 0 Å². The molecule has 6 heteroatoms. The Morgan fingerprint density at radius 2 is 2.26 bits per heavy atom. The molecule has 6 nitrogen and oxygen atoms in total. The number of β-amino-alcohol motifs (C(OH)–C–C–N with tert-alkyl or cyclic N) is 1. The molecule has 1 atom stereocenters. The normalized spacial score (nSPS) is 20.1. The Morgan fingerprint density at radius 3 is 2.89 bits per heavy atom. The molecule has 1 fully saturated rings. The Kier molecular flexibility index (Phi) is 8.53. The van der Waals surface area contributed by atoms with Crippen molar-refractivity contribution >= 4 is 5.96 Å². The maximum absolute atomic E-state index is 9.55. The van der Waals surface area contributed by atoms with Crippen LogP contribution in [0.1, 0.15) is 19.8 Å². The van der Waals surface area contributed by atoms with Crippen LogP contribution in [0.3, 0.4) is 0 Å². The third-order valence-electron chi connectivity index (χ3n) is 2.94. The summed E-state index contributed by atoms with van der Waals surface area (Å²) in [7, 11) is 1.67. The second kappa shape index (κ2) is 10.00. The molecule has 0 aliphatic carbocycles. The molecule has 0 aromatic rings. The van der Waals surface area contributed by atoms with Gasteiger partial charge < -0.3 is 24.8 Å². The number of rotatable bonds is 8. The van der Waals surface area contributed by atoms with Crippen LogP contribution in [0.15, 0.2) is 4.99 Å². The molecule has 0 aromatic heterocycles. The molecule has 112 valence electrons. The number of aliphatic imine (C=N–C) groups is 1. The number of ether oxygens (including phenoxy) is 2. The predicted molar refractivity (Wildman–Crippen MR) is 75.5 cm³/mol. The van der Waals surface area contributed by atoms with E-state index in [1.54, 1.807) is 7.11 Å². The monoisotopic (exact) mass is 273 g/mol. The van der Waals surface area contributed by atoms with Crippen molar-refractivity contribution in [2.24, 2.45) is 4.99 Å². The molecular formula is C13H27N3O3. The zero-order valence-corrected chi connectivity index (χ0v) is 12.1. The highest BCUT2D eigenvalue weighted by molar-refractivity contribution is 5.80. The predicted octanol–water partition coefficient (Wildman–Crippen LogP) is 0.0716. The van der Waals surface area contributed by atoms with E-state index < -0.39 is 0 Å². The Hall–Kier alpha value is -0.850. The van der Waals surface area contributed by atoms with Gasteiger partial charge in [0.2, 0.25) is 0 Å². The third kappa shape index (κ3) is 6.75. The molecule has 0 bridgehead atoms. The Bertz CT molecular complexity index is 262. The quantitative estimate of drug-likeness (QED) is 0.372. The van der Waals surface area contributed by atoms with Gasteiger partial charge >= 0.3 is 0 Å². The average Bonchev–Trinajstić information content (AvgIpc) is 2.83. The smallest absolute Gasteiger partial charge is 0.194 e. The molecule has 0 aromatic carbocycles. The van der Waals surface area contributed by atoms with Gasteiger partial charge in [0.1, 0.15) is 0 Å². The van der Waals surface area contributed by atoms with Crippen LogP contribution in [0.2, 0.25) is 0 Å². The van der Waals surface area contributed by atoms with Crippen molar-refractivity contribution in [1.82, 2.24) is 10.2 Å². The van der Waals surface area contributed by atoms with Crippen molar-refractivity contribution in [3.63, 3.8) is 0 Å². The summed E-state index contributed by atoms with van der Waals surface area (Å²) >= 11 is 0. The lowest BCUT2D eigenvalue weighted by molar-refractivity contribution is 0.0702. The molecule has 1 rings (SSSR count). The molecule has 0 amide bonds. The molecule has 0 saturated carbocycles. The topological polar surface area (TPSA) is 66.3 Å². The Balaban J connectivity index is 2.21. The van der Waals surface area contributed by atoms with Gasteiger partial charge in [-0.05, 0) is 19.8 Å². The molecule has 1 heterocycles. The first kappa shape index (κ1) is 16.2. The molecule has 0 radical (unpaired) electrons. The Morgan fingerprint density at radius 1 is 1.42 bits per heavy atom. The first-order valence-corrected chi connectivity index (χ1v) is 7.06. The maximum atomic E-state index is 9.55. The van der Waals surface area contributed by atoms with Crippen molar-refractivity contribution in [2.45, 2.75) is 25.9 Å². The highest BCUT2D eigenvalue weighted by atomic mass is 16.5. The minimum Gasteiger partial charge on any atom is -0.391 e. The lowest BCUT2D eigenvalue weighted by atomic mass is 10.3. The van der Waals surface area contributed by atoms with Crippen LogP contribution in [0.5, 0.6) is 0 Å². The van der Waals surface area contributed by atoms with E-state index in [1.165, 1.54) is 0 Å². The van der Waals surface area contributed by atoms with Gasteiger partial charge in [0, 0.05) is 39.9 Å². The van der Waals surface area contributed by atoms with Gasteiger partial charge in [0.05, 0.1) is 19.3 Å².